The molecule has 1 aromatic carbocycles. The molecule has 0 spiro atoms. The number of rotatable bonds is 2. The molecule has 5 nitrogen and oxygen atoms in total. The summed E-state index contributed by atoms with van der Waals surface area (Å²) in [5.41, 5.74) is 3.16. The average Bonchev–Trinajstić information content (AvgIpc) is 3.24. The Hall–Kier alpha value is -1.99. The van der Waals surface area contributed by atoms with Crippen molar-refractivity contribution >= 4 is 44.9 Å². The molecule has 1 aliphatic heterocycles. The third-order valence-corrected chi connectivity index (χ3v) is 6.22. The van der Waals surface area contributed by atoms with Crippen molar-refractivity contribution in [2.45, 2.75) is 31.7 Å². The van der Waals surface area contributed by atoms with E-state index in [9.17, 15) is 0 Å². The van der Waals surface area contributed by atoms with Crippen LogP contribution in [-0.4, -0.2) is 33.0 Å². The van der Waals surface area contributed by atoms with Gasteiger partial charge in [-0.1, -0.05) is 18.2 Å². The Bertz CT molecular complexity index is 1030. The lowest BCUT2D eigenvalue weighted by Crippen LogP contribution is -2.35. The molecule has 3 aromatic heterocycles. The first-order valence-electron chi connectivity index (χ1n) is 8.84. The molecule has 0 aliphatic carbocycles. The molecule has 27 heavy (non-hydrogen) atoms. The van der Waals surface area contributed by atoms with E-state index < -0.39 is 0 Å². The van der Waals surface area contributed by atoms with E-state index in [1.54, 1.807) is 0 Å². The van der Waals surface area contributed by atoms with Crippen molar-refractivity contribution in [3.63, 3.8) is 0 Å². The minimum atomic E-state index is 0. The first kappa shape index (κ1) is 19.8. The molecular formula is C20H23ClN4OS. The molecule has 1 fully saturated rings. The summed E-state index contributed by atoms with van der Waals surface area (Å²) in [6, 6.07) is 13.5. The Morgan fingerprint density at radius 1 is 1.19 bits per heavy atom. The van der Waals surface area contributed by atoms with Crippen molar-refractivity contribution in [1.82, 2.24) is 20.3 Å². The van der Waals surface area contributed by atoms with E-state index >= 15 is 0 Å². The smallest absolute Gasteiger partial charge is 0.132 e. The van der Waals surface area contributed by atoms with Crippen LogP contribution in [0.2, 0.25) is 0 Å². The Balaban J connectivity index is 0.00000105. The second-order valence-electron chi connectivity index (χ2n) is 6.94. The van der Waals surface area contributed by atoms with Crippen LogP contribution in [0.15, 0.2) is 42.6 Å². The van der Waals surface area contributed by atoms with E-state index in [0.717, 1.165) is 41.9 Å². The zero-order valence-electron chi connectivity index (χ0n) is 15.0. The number of benzene rings is 1. The molecule has 1 aliphatic rings. The number of H-pyrrole nitrogens is 1. The van der Waals surface area contributed by atoms with Crippen LogP contribution >= 0.6 is 23.7 Å². The van der Waals surface area contributed by atoms with Gasteiger partial charge in [0.15, 0.2) is 0 Å². The Labute approximate surface area is 168 Å². The molecule has 4 aromatic rings. The number of hydrogen-bond acceptors (Lipinski definition) is 4. The summed E-state index contributed by atoms with van der Waals surface area (Å²) in [5.74, 6) is 1.45. The predicted molar refractivity (Wildman–Crippen MR) is 115 cm³/mol. The van der Waals surface area contributed by atoms with Gasteiger partial charge in [-0.15, -0.1) is 23.7 Å². The summed E-state index contributed by atoms with van der Waals surface area (Å²) in [5, 5.41) is 4.79. The Kier molecular flexibility index (Phi) is 5.81. The summed E-state index contributed by atoms with van der Waals surface area (Å²) in [4.78, 5) is 14.2. The van der Waals surface area contributed by atoms with Crippen molar-refractivity contribution in [2.24, 2.45) is 0 Å². The van der Waals surface area contributed by atoms with Crippen LogP contribution in [0.4, 0.5) is 0 Å². The molecule has 0 amide bonds. The van der Waals surface area contributed by atoms with Gasteiger partial charge in [-0.05, 0) is 49.9 Å². The second-order valence-corrected chi connectivity index (χ2v) is 8.02. The van der Waals surface area contributed by atoms with E-state index in [0.29, 0.717) is 12.0 Å². The molecule has 7 heteroatoms. The highest BCUT2D eigenvalue weighted by molar-refractivity contribution is 7.22. The summed E-state index contributed by atoms with van der Waals surface area (Å²) < 4.78 is 1.31. The van der Waals surface area contributed by atoms with E-state index in [1.807, 2.05) is 17.5 Å². The average molecular weight is 403 g/mol. The first-order chi connectivity index (χ1) is 12.3. The summed E-state index contributed by atoms with van der Waals surface area (Å²) >= 11 is 1.81. The maximum atomic E-state index is 4.87. The number of nitrogens with zero attached hydrogens (tertiary/aromatic N) is 2. The third kappa shape index (κ3) is 3.71. The minimum Gasteiger partial charge on any atom is -0.412 e. The highest BCUT2D eigenvalue weighted by atomic mass is 35.5. The Morgan fingerprint density at radius 3 is 2.85 bits per heavy atom. The number of thiophene rings is 1. The third-order valence-electron chi connectivity index (χ3n) is 5.07. The van der Waals surface area contributed by atoms with Crippen LogP contribution < -0.4 is 5.32 Å². The lowest BCUT2D eigenvalue weighted by molar-refractivity contribution is 0.371. The largest absolute Gasteiger partial charge is 0.412 e. The van der Waals surface area contributed by atoms with Gasteiger partial charge in [0.05, 0.1) is 27.8 Å². The van der Waals surface area contributed by atoms with Gasteiger partial charge in [0.25, 0.3) is 0 Å². The molecule has 0 saturated carbocycles. The number of aromatic amines is 1. The van der Waals surface area contributed by atoms with Crippen LogP contribution in [0.3, 0.4) is 0 Å². The Morgan fingerprint density at radius 2 is 2.04 bits per heavy atom. The number of halogens is 1. The monoisotopic (exact) mass is 402 g/mol. The molecule has 4 heterocycles. The van der Waals surface area contributed by atoms with Crippen molar-refractivity contribution in [3.8, 4) is 10.6 Å². The first-order valence-corrected chi connectivity index (χ1v) is 9.66. The summed E-state index contributed by atoms with van der Waals surface area (Å²) in [6.45, 7) is 3.29. The molecule has 1 saturated heterocycles. The van der Waals surface area contributed by atoms with Gasteiger partial charge in [0, 0.05) is 16.7 Å². The van der Waals surface area contributed by atoms with E-state index in [4.69, 9.17) is 4.98 Å². The van der Waals surface area contributed by atoms with Gasteiger partial charge in [0.2, 0.25) is 0 Å². The fraction of sp³-hybridized carbons (Fsp3) is 0.300. The SMILES string of the molecule is CC1CC(c2ncc3[nH]c(-c4cc5ccccc5s4)cc3n2)CCN1.Cl.O. The number of hydrogen-bond donors (Lipinski definition) is 2. The van der Waals surface area contributed by atoms with Crippen LogP contribution in [-0.2, 0) is 0 Å². The lowest BCUT2D eigenvalue weighted by atomic mass is 9.92. The van der Waals surface area contributed by atoms with Crippen LogP contribution in [0, 0.1) is 0 Å². The number of piperidine rings is 1. The zero-order chi connectivity index (χ0) is 16.8. The molecule has 2 atom stereocenters. The number of aromatic nitrogens is 3. The quantitative estimate of drug-likeness (QED) is 0.524. The van der Waals surface area contributed by atoms with Gasteiger partial charge < -0.3 is 15.8 Å². The zero-order valence-corrected chi connectivity index (χ0v) is 16.7. The highest BCUT2D eigenvalue weighted by Crippen LogP contribution is 2.34. The fourth-order valence-corrected chi connectivity index (χ4v) is 4.78. The standard InChI is InChI=1S/C20H20N4S.ClH.H2O/c1-12-8-14(6-7-21-12)20-22-11-17-15(24-20)10-16(23-17)19-9-13-4-2-3-5-18(13)25-19;;/h2-5,9-12,14,21,23H,6-8H2,1H3;1H;1H2. The normalized spacial score (nSPS) is 19.6. The minimum absolute atomic E-state index is 0. The molecule has 5 rings (SSSR count). The summed E-state index contributed by atoms with van der Waals surface area (Å²) in [7, 11) is 0. The van der Waals surface area contributed by atoms with Crippen LogP contribution in [0.1, 0.15) is 31.5 Å². The second kappa shape index (κ2) is 7.94. The molecule has 4 N–H and O–H groups in total. The maximum Gasteiger partial charge on any atom is 0.132 e. The van der Waals surface area contributed by atoms with Gasteiger partial charge in [-0.2, -0.15) is 0 Å². The van der Waals surface area contributed by atoms with Crippen LogP contribution in [0.5, 0.6) is 0 Å². The molecule has 0 bridgehead atoms. The van der Waals surface area contributed by atoms with Crippen molar-refractivity contribution in [3.05, 3.63) is 48.4 Å². The van der Waals surface area contributed by atoms with Crippen LogP contribution in [0.25, 0.3) is 31.7 Å². The molecule has 142 valence electrons. The molecule has 0 radical (unpaired) electrons. The molecule has 2 unspecified atom stereocenters. The van der Waals surface area contributed by atoms with Crippen molar-refractivity contribution in [2.75, 3.05) is 6.54 Å². The summed E-state index contributed by atoms with van der Waals surface area (Å²) in [6.07, 6.45) is 4.17. The predicted octanol–water partition coefficient (Wildman–Crippen LogP) is 4.29. The number of nitrogens with one attached hydrogen (secondary N) is 2. The number of fused-ring (bicyclic) bond motifs is 2. The van der Waals surface area contributed by atoms with E-state index in [1.165, 1.54) is 15.0 Å². The topological polar surface area (TPSA) is 85.1 Å². The maximum absolute atomic E-state index is 4.87. The fourth-order valence-electron chi connectivity index (χ4n) is 3.74. The lowest BCUT2D eigenvalue weighted by Gasteiger charge is -2.26. The van der Waals surface area contributed by atoms with Gasteiger partial charge in [-0.25, -0.2) is 9.97 Å². The van der Waals surface area contributed by atoms with Gasteiger partial charge in [-0.3, -0.25) is 0 Å². The van der Waals surface area contributed by atoms with Gasteiger partial charge >= 0.3 is 0 Å². The highest BCUT2D eigenvalue weighted by Gasteiger charge is 2.22. The van der Waals surface area contributed by atoms with Crippen molar-refractivity contribution < 1.29 is 5.48 Å². The van der Waals surface area contributed by atoms with E-state index in [-0.39, 0.29) is 17.9 Å². The van der Waals surface area contributed by atoms with Gasteiger partial charge in [0.1, 0.15) is 5.82 Å². The van der Waals surface area contributed by atoms with E-state index in [2.05, 4.69) is 58.6 Å². The molecular weight excluding hydrogens is 380 g/mol. The van der Waals surface area contributed by atoms with Crippen molar-refractivity contribution in [1.29, 1.82) is 0 Å².